The maximum Gasteiger partial charge on any atom is 0.339 e. The number of carboxylic acids is 1. The van der Waals surface area contributed by atoms with Crippen LogP contribution in [0.3, 0.4) is 0 Å². The lowest BCUT2D eigenvalue weighted by molar-refractivity contribution is 0.0697. The molecule has 0 bridgehead atoms. The van der Waals surface area contributed by atoms with Crippen LogP contribution in [0.5, 0.6) is 0 Å². The maximum atomic E-state index is 11.1. The van der Waals surface area contributed by atoms with Crippen molar-refractivity contribution >= 4 is 23.4 Å². The molecule has 1 unspecified atom stereocenters. The molecule has 0 spiro atoms. The van der Waals surface area contributed by atoms with Crippen LogP contribution in [0.2, 0.25) is 5.15 Å². The third kappa shape index (κ3) is 3.84. The number of anilines is 1. The fourth-order valence-corrected chi connectivity index (χ4v) is 2.62. The zero-order valence-electron chi connectivity index (χ0n) is 11.6. The SMILES string of the molecule is CC(CNc1nc(Cl)ccc1C(=O)O)N1CCCCC1. The molecule has 1 aromatic rings. The van der Waals surface area contributed by atoms with Crippen molar-refractivity contribution in [1.29, 1.82) is 0 Å². The van der Waals surface area contributed by atoms with Gasteiger partial charge in [-0.1, -0.05) is 18.0 Å². The van der Waals surface area contributed by atoms with Gasteiger partial charge in [0.1, 0.15) is 16.5 Å². The Bertz CT molecular complexity index is 475. The summed E-state index contributed by atoms with van der Waals surface area (Å²) in [6, 6.07) is 3.31. The molecule has 1 fully saturated rings. The van der Waals surface area contributed by atoms with Crippen molar-refractivity contribution in [3.05, 3.63) is 22.8 Å². The third-order valence-electron chi connectivity index (χ3n) is 3.67. The number of halogens is 1. The second kappa shape index (κ2) is 6.90. The van der Waals surface area contributed by atoms with Gasteiger partial charge in [-0.2, -0.15) is 0 Å². The fraction of sp³-hybridized carbons (Fsp3) is 0.571. The van der Waals surface area contributed by atoms with Crippen molar-refractivity contribution in [3.8, 4) is 0 Å². The summed E-state index contributed by atoms with van der Waals surface area (Å²) in [5.41, 5.74) is 0.153. The molecule has 1 aromatic heterocycles. The highest BCUT2D eigenvalue weighted by molar-refractivity contribution is 6.29. The Morgan fingerprint density at radius 3 is 2.80 bits per heavy atom. The number of aromatic carboxylic acids is 1. The summed E-state index contributed by atoms with van der Waals surface area (Å²) in [5.74, 6) is -0.656. The Balaban J connectivity index is 1.99. The summed E-state index contributed by atoms with van der Waals surface area (Å²) < 4.78 is 0. The van der Waals surface area contributed by atoms with Gasteiger partial charge in [0.25, 0.3) is 0 Å². The summed E-state index contributed by atoms with van der Waals surface area (Å²) in [4.78, 5) is 17.6. The van der Waals surface area contributed by atoms with Crippen LogP contribution in [-0.4, -0.2) is 46.6 Å². The van der Waals surface area contributed by atoms with Gasteiger partial charge >= 0.3 is 5.97 Å². The van der Waals surface area contributed by atoms with Crippen molar-refractivity contribution in [1.82, 2.24) is 9.88 Å². The number of hydrogen-bond acceptors (Lipinski definition) is 4. The minimum Gasteiger partial charge on any atom is -0.478 e. The standard InChI is InChI=1S/C14H20ClN3O2/c1-10(18-7-3-2-4-8-18)9-16-13-11(14(19)20)5-6-12(15)17-13/h5-6,10H,2-4,7-9H2,1H3,(H,16,17)(H,19,20). The van der Waals surface area contributed by atoms with E-state index in [-0.39, 0.29) is 5.56 Å². The van der Waals surface area contributed by atoms with Gasteiger partial charge in [-0.05, 0) is 45.0 Å². The molecule has 0 aliphatic carbocycles. The first-order valence-corrected chi connectivity index (χ1v) is 7.33. The van der Waals surface area contributed by atoms with Gasteiger partial charge in [0.15, 0.2) is 0 Å². The van der Waals surface area contributed by atoms with E-state index in [4.69, 9.17) is 16.7 Å². The molecule has 110 valence electrons. The van der Waals surface area contributed by atoms with Crippen LogP contribution in [0.1, 0.15) is 36.5 Å². The van der Waals surface area contributed by atoms with Crippen LogP contribution in [0, 0.1) is 0 Å². The van der Waals surface area contributed by atoms with Gasteiger partial charge < -0.3 is 10.4 Å². The van der Waals surface area contributed by atoms with E-state index in [1.165, 1.54) is 31.4 Å². The average Bonchev–Trinajstić information content (AvgIpc) is 2.45. The van der Waals surface area contributed by atoms with Crippen molar-refractivity contribution in [2.45, 2.75) is 32.2 Å². The number of nitrogens with one attached hydrogen (secondary N) is 1. The van der Waals surface area contributed by atoms with Crippen LogP contribution in [0.4, 0.5) is 5.82 Å². The summed E-state index contributed by atoms with van der Waals surface area (Å²) in [7, 11) is 0. The molecule has 2 rings (SSSR count). The van der Waals surface area contributed by atoms with Crippen molar-refractivity contribution < 1.29 is 9.90 Å². The van der Waals surface area contributed by atoms with Crippen LogP contribution in [-0.2, 0) is 0 Å². The summed E-state index contributed by atoms with van der Waals surface area (Å²) in [5, 5.41) is 12.5. The molecular formula is C14H20ClN3O2. The molecule has 20 heavy (non-hydrogen) atoms. The summed E-state index contributed by atoms with van der Waals surface area (Å²) in [6.45, 7) is 5.02. The normalized spacial score (nSPS) is 17.7. The highest BCUT2D eigenvalue weighted by atomic mass is 35.5. The average molecular weight is 298 g/mol. The lowest BCUT2D eigenvalue weighted by atomic mass is 10.1. The lowest BCUT2D eigenvalue weighted by Gasteiger charge is -2.32. The molecule has 1 atom stereocenters. The number of hydrogen-bond donors (Lipinski definition) is 2. The number of likely N-dealkylation sites (tertiary alicyclic amines) is 1. The summed E-state index contributed by atoms with van der Waals surface area (Å²) in [6.07, 6.45) is 3.77. The minimum absolute atomic E-state index is 0.153. The summed E-state index contributed by atoms with van der Waals surface area (Å²) >= 11 is 5.83. The Hall–Kier alpha value is -1.33. The largest absolute Gasteiger partial charge is 0.478 e. The third-order valence-corrected chi connectivity index (χ3v) is 3.88. The second-order valence-corrected chi connectivity index (χ2v) is 5.55. The molecule has 0 radical (unpaired) electrons. The molecule has 2 heterocycles. The number of nitrogens with zero attached hydrogens (tertiary/aromatic N) is 2. The molecular weight excluding hydrogens is 278 g/mol. The van der Waals surface area contributed by atoms with Crippen LogP contribution >= 0.6 is 11.6 Å². The number of aromatic nitrogens is 1. The van der Waals surface area contributed by atoms with Gasteiger partial charge in [0.2, 0.25) is 0 Å². The van der Waals surface area contributed by atoms with E-state index >= 15 is 0 Å². The Kier molecular flexibility index (Phi) is 5.20. The first-order chi connectivity index (χ1) is 9.58. The van der Waals surface area contributed by atoms with E-state index in [1.54, 1.807) is 0 Å². The number of carboxylic acid groups (broad SMARTS) is 1. The number of rotatable bonds is 5. The van der Waals surface area contributed by atoms with Crippen LogP contribution < -0.4 is 5.32 Å². The molecule has 5 nitrogen and oxygen atoms in total. The van der Waals surface area contributed by atoms with E-state index in [1.807, 2.05) is 0 Å². The fourth-order valence-electron chi connectivity index (χ4n) is 2.48. The van der Waals surface area contributed by atoms with Gasteiger partial charge in [0.05, 0.1) is 0 Å². The first-order valence-electron chi connectivity index (χ1n) is 6.95. The van der Waals surface area contributed by atoms with Crippen molar-refractivity contribution in [2.75, 3.05) is 25.0 Å². The molecule has 0 aromatic carbocycles. The van der Waals surface area contributed by atoms with E-state index in [0.717, 1.165) is 13.1 Å². The zero-order valence-corrected chi connectivity index (χ0v) is 12.4. The number of pyridine rings is 1. The smallest absolute Gasteiger partial charge is 0.339 e. The Labute approximate surface area is 123 Å². The van der Waals surface area contributed by atoms with Crippen molar-refractivity contribution in [2.24, 2.45) is 0 Å². The molecule has 2 N–H and O–H groups in total. The molecule has 0 amide bonds. The van der Waals surface area contributed by atoms with E-state index < -0.39 is 5.97 Å². The topological polar surface area (TPSA) is 65.5 Å². The Morgan fingerprint density at radius 1 is 1.45 bits per heavy atom. The van der Waals surface area contributed by atoms with Gasteiger partial charge in [-0.15, -0.1) is 0 Å². The number of carbonyl (C=O) groups is 1. The molecule has 6 heteroatoms. The van der Waals surface area contributed by atoms with E-state index in [9.17, 15) is 4.79 Å². The highest BCUT2D eigenvalue weighted by Crippen LogP contribution is 2.18. The van der Waals surface area contributed by atoms with Gasteiger partial charge in [-0.3, -0.25) is 4.90 Å². The first kappa shape index (κ1) is 15.1. The van der Waals surface area contributed by atoms with E-state index in [2.05, 4.69) is 22.1 Å². The molecule has 1 aliphatic heterocycles. The van der Waals surface area contributed by atoms with Crippen molar-refractivity contribution in [3.63, 3.8) is 0 Å². The quantitative estimate of drug-likeness (QED) is 0.818. The van der Waals surface area contributed by atoms with Crippen LogP contribution in [0.15, 0.2) is 12.1 Å². The lowest BCUT2D eigenvalue weighted by Crippen LogP contribution is -2.41. The van der Waals surface area contributed by atoms with Gasteiger partial charge in [0, 0.05) is 12.6 Å². The highest BCUT2D eigenvalue weighted by Gasteiger charge is 2.18. The molecule has 1 aliphatic rings. The van der Waals surface area contributed by atoms with E-state index in [0.29, 0.717) is 23.6 Å². The maximum absolute atomic E-state index is 11.1. The van der Waals surface area contributed by atoms with Gasteiger partial charge in [-0.25, -0.2) is 9.78 Å². The zero-order chi connectivity index (χ0) is 14.5. The van der Waals surface area contributed by atoms with Crippen LogP contribution in [0.25, 0.3) is 0 Å². The predicted octanol–water partition coefficient (Wildman–Crippen LogP) is 2.72. The monoisotopic (exact) mass is 297 g/mol. The molecule has 0 saturated carbocycles. The molecule has 1 saturated heterocycles. The Morgan fingerprint density at radius 2 is 2.15 bits per heavy atom. The predicted molar refractivity (Wildman–Crippen MR) is 79.6 cm³/mol. The number of piperidine rings is 1. The minimum atomic E-state index is -0.998. The second-order valence-electron chi connectivity index (χ2n) is 5.16.